The van der Waals surface area contributed by atoms with Crippen molar-refractivity contribution in [3.63, 3.8) is 0 Å². The van der Waals surface area contributed by atoms with Crippen molar-refractivity contribution in [1.82, 2.24) is 25.2 Å². The Bertz CT molecular complexity index is 571. The van der Waals surface area contributed by atoms with Crippen LogP contribution in [-0.4, -0.2) is 63.1 Å². The van der Waals surface area contributed by atoms with E-state index in [0.29, 0.717) is 32.6 Å². The van der Waals surface area contributed by atoms with E-state index in [1.165, 1.54) is 0 Å². The van der Waals surface area contributed by atoms with Gasteiger partial charge in [-0.2, -0.15) is 0 Å². The first-order valence-electron chi connectivity index (χ1n) is 7.67. The molecule has 0 unspecified atom stereocenters. The van der Waals surface area contributed by atoms with Crippen molar-refractivity contribution < 1.29 is 14.7 Å². The summed E-state index contributed by atoms with van der Waals surface area (Å²) in [6.45, 7) is 5.98. The van der Waals surface area contributed by atoms with Crippen LogP contribution in [0.15, 0.2) is 18.9 Å². The molecule has 1 aliphatic heterocycles. The molecule has 1 saturated heterocycles. The highest BCUT2D eigenvalue weighted by Gasteiger charge is 2.36. The van der Waals surface area contributed by atoms with Crippen LogP contribution in [0, 0.1) is 5.92 Å². The summed E-state index contributed by atoms with van der Waals surface area (Å²) >= 11 is 0. The molecule has 2 heterocycles. The Balaban J connectivity index is 1.94. The zero-order valence-corrected chi connectivity index (χ0v) is 13.3. The van der Waals surface area contributed by atoms with Crippen LogP contribution in [0.4, 0.5) is 0 Å². The summed E-state index contributed by atoms with van der Waals surface area (Å²) in [5.41, 5.74) is 0.817. The number of hydrogen-bond donors (Lipinski definition) is 2. The Labute approximate surface area is 135 Å². The molecule has 8 nitrogen and oxygen atoms in total. The monoisotopic (exact) mass is 321 g/mol. The lowest BCUT2D eigenvalue weighted by molar-refractivity contribution is -0.138. The predicted molar refractivity (Wildman–Crippen MR) is 83.8 cm³/mol. The Morgan fingerprint density at radius 2 is 2.30 bits per heavy atom. The van der Waals surface area contributed by atoms with Crippen molar-refractivity contribution in [2.75, 3.05) is 26.2 Å². The Morgan fingerprint density at radius 3 is 2.91 bits per heavy atom. The Morgan fingerprint density at radius 1 is 1.52 bits per heavy atom. The van der Waals surface area contributed by atoms with Gasteiger partial charge in [-0.3, -0.25) is 14.3 Å². The Hall–Kier alpha value is -2.22. The summed E-state index contributed by atoms with van der Waals surface area (Å²) in [6.07, 6.45) is 3.96. The zero-order chi connectivity index (χ0) is 16.8. The van der Waals surface area contributed by atoms with E-state index in [1.54, 1.807) is 17.8 Å². The highest BCUT2D eigenvalue weighted by atomic mass is 16.4. The van der Waals surface area contributed by atoms with E-state index < -0.39 is 5.97 Å². The second-order valence-electron chi connectivity index (χ2n) is 5.88. The maximum Gasteiger partial charge on any atom is 0.303 e. The maximum atomic E-state index is 11.7. The molecule has 2 atom stereocenters. The quantitative estimate of drug-likeness (QED) is 0.654. The van der Waals surface area contributed by atoms with Gasteiger partial charge in [0.25, 0.3) is 0 Å². The van der Waals surface area contributed by atoms with Gasteiger partial charge in [-0.05, 0) is 5.92 Å². The molecule has 0 aromatic carbocycles. The summed E-state index contributed by atoms with van der Waals surface area (Å²) < 4.78 is 1.62. The molecule has 8 heteroatoms. The van der Waals surface area contributed by atoms with Crippen LogP contribution < -0.4 is 5.32 Å². The van der Waals surface area contributed by atoms with Crippen molar-refractivity contribution in [2.24, 2.45) is 13.0 Å². The first kappa shape index (κ1) is 17.1. The number of nitrogens with one attached hydrogen (secondary N) is 1. The van der Waals surface area contributed by atoms with Crippen LogP contribution in [0.5, 0.6) is 0 Å². The minimum atomic E-state index is -0.811. The number of carbonyl (C=O) groups is 2. The molecule has 0 spiro atoms. The number of aryl methyl sites for hydroxylation is 1. The highest BCUT2D eigenvalue weighted by Crippen LogP contribution is 2.33. The van der Waals surface area contributed by atoms with Gasteiger partial charge in [0.1, 0.15) is 0 Å². The minimum absolute atomic E-state index is 0.0135. The third-order valence-corrected chi connectivity index (χ3v) is 4.05. The molecule has 126 valence electrons. The molecule has 23 heavy (non-hydrogen) atoms. The molecule has 2 rings (SSSR count). The summed E-state index contributed by atoms with van der Waals surface area (Å²) in [5.74, 6) is -0.812. The first-order valence-corrected chi connectivity index (χ1v) is 7.67. The molecule has 0 radical (unpaired) electrons. The van der Waals surface area contributed by atoms with Crippen LogP contribution in [0.3, 0.4) is 0 Å². The van der Waals surface area contributed by atoms with Crippen LogP contribution in [-0.2, 0) is 16.6 Å². The fourth-order valence-corrected chi connectivity index (χ4v) is 2.98. The average Bonchev–Trinajstić information content (AvgIpc) is 3.08. The predicted octanol–water partition coefficient (Wildman–Crippen LogP) is -0.00250. The van der Waals surface area contributed by atoms with Crippen molar-refractivity contribution >= 4 is 11.9 Å². The second-order valence-corrected chi connectivity index (χ2v) is 5.88. The fourth-order valence-electron chi connectivity index (χ4n) is 2.98. The van der Waals surface area contributed by atoms with Crippen LogP contribution in [0.2, 0.25) is 0 Å². The first-order chi connectivity index (χ1) is 11.0. The van der Waals surface area contributed by atoms with Gasteiger partial charge in [-0.25, -0.2) is 0 Å². The molecule has 2 N–H and O–H groups in total. The number of carboxylic acid groups (broad SMARTS) is 1. The topological polar surface area (TPSA) is 100 Å². The number of carbonyl (C=O) groups excluding carboxylic acids is 1. The number of aliphatic carboxylic acids is 1. The number of nitrogens with zero attached hydrogens (tertiary/aromatic N) is 4. The van der Waals surface area contributed by atoms with E-state index >= 15 is 0 Å². The molecular formula is C15H23N5O3. The van der Waals surface area contributed by atoms with E-state index in [4.69, 9.17) is 5.11 Å². The molecule has 1 fully saturated rings. The van der Waals surface area contributed by atoms with E-state index in [9.17, 15) is 9.59 Å². The summed E-state index contributed by atoms with van der Waals surface area (Å²) in [7, 11) is 1.79. The van der Waals surface area contributed by atoms with Crippen molar-refractivity contribution in [1.29, 1.82) is 0 Å². The molecule has 0 bridgehead atoms. The van der Waals surface area contributed by atoms with Gasteiger partial charge in [0.05, 0.1) is 12.1 Å². The molecule has 1 aromatic rings. The van der Waals surface area contributed by atoms with Gasteiger partial charge in [-0.1, -0.05) is 11.3 Å². The lowest BCUT2D eigenvalue weighted by Crippen LogP contribution is -2.30. The summed E-state index contributed by atoms with van der Waals surface area (Å²) in [6, 6.07) is 0. The second kappa shape index (κ2) is 7.87. The molecule has 0 aliphatic carbocycles. The number of carboxylic acids is 1. The number of rotatable bonds is 8. The number of amides is 1. The maximum absolute atomic E-state index is 11.7. The van der Waals surface area contributed by atoms with E-state index in [0.717, 1.165) is 5.69 Å². The molecule has 1 aromatic heterocycles. The molecule has 0 saturated carbocycles. The Kier molecular flexibility index (Phi) is 5.86. The van der Waals surface area contributed by atoms with E-state index in [2.05, 4.69) is 27.1 Å². The molecule has 1 amide bonds. The summed E-state index contributed by atoms with van der Waals surface area (Å²) in [5, 5.41) is 19.9. The lowest BCUT2D eigenvalue weighted by atomic mass is 9.91. The van der Waals surface area contributed by atoms with Gasteiger partial charge in [0, 0.05) is 51.8 Å². The lowest BCUT2D eigenvalue weighted by Gasteiger charge is -2.14. The minimum Gasteiger partial charge on any atom is -0.481 e. The van der Waals surface area contributed by atoms with Gasteiger partial charge >= 0.3 is 5.97 Å². The van der Waals surface area contributed by atoms with Gasteiger partial charge in [0.15, 0.2) is 0 Å². The molecule has 1 aliphatic rings. The third-order valence-electron chi connectivity index (χ3n) is 4.05. The van der Waals surface area contributed by atoms with E-state index in [1.807, 2.05) is 6.20 Å². The van der Waals surface area contributed by atoms with E-state index in [-0.39, 0.29) is 24.2 Å². The highest BCUT2D eigenvalue weighted by molar-refractivity contribution is 5.76. The average molecular weight is 321 g/mol. The van der Waals surface area contributed by atoms with Gasteiger partial charge in [0.2, 0.25) is 5.91 Å². The van der Waals surface area contributed by atoms with Crippen molar-refractivity contribution in [3.8, 4) is 0 Å². The van der Waals surface area contributed by atoms with Gasteiger partial charge < -0.3 is 15.3 Å². The standard InChI is InChI=1S/C15H23N5O3/c1-3-5-16-14(21)4-6-20-8-11(7-15(22)23)12(9-20)13-10-19(2)18-17-13/h3,10-12H,1,4-9H2,2H3,(H,16,21)(H,22,23)/t11-,12+/m0/s1. The van der Waals surface area contributed by atoms with Gasteiger partial charge in [-0.15, -0.1) is 11.7 Å². The van der Waals surface area contributed by atoms with Crippen molar-refractivity contribution in [3.05, 3.63) is 24.5 Å². The number of hydrogen-bond acceptors (Lipinski definition) is 5. The van der Waals surface area contributed by atoms with Crippen molar-refractivity contribution in [2.45, 2.75) is 18.8 Å². The van der Waals surface area contributed by atoms with Crippen LogP contribution >= 0.6 is 0 Å². The fraction of sp³-hybridized carbons (Fsp3) is 0.600. The summed E-state index contributed by atoms with van der Waals surface area (Å²) in [4.78, 5) is 24.9. The number of aromatic nitrogens is 3. The largest absolute Gasteiger partial charge is 0.481 e. The smallest absolute Gasteiger partial charge is 0.303 e. The SMILES string of the molecule is C=CCNC(=O)CCN1C[C@H](CC(=O)O)[C@H](c2cn(C)nn2)C1. The van der Waals surface area contributed by atoms with Crippen LogP contribution in [0.1, 0.15) is 24.5 Å². The molecular weight excluding hydrogens is 298 g/mol. The zero-order valence-electron chi connectivity index (χ0n) is 13.3. The number of likely N-dealkylation sites (tertiary alicyclic amines) is 1. The van der Waals surface area contributed by atoms with Crippen LogP contribution in [0.25, 0.3) is 0 Å². The third kappa shape index (κ3) is 4.88. The normalized spacial score (nSPS) is 21.3.